The molecule has 0 atom stereocenters. The number of hydrogen-bond donors (Lipinski definition) is 2. The molecular weight excluding hydrogens is 281 g/mol. The standard InChI is InChI=1S/C6H5F2IN2O/c7-5(8)3-1-2(9)4(10)6(12)11-3/h1,5H,10H2,(H,11,12). The molecule has 0 aliphatic rings. The van der Waals surface area contributed by atoms with Crippen molar-refractivity contribution in [2.45, 2.75) is 6.43 Å². The fraction of sp³-hybridized carbons (Fsp3) is 0.167. The summed E-state index contributed by atoms with van der Waals surface area (Å²) in [7, 11) is 0. The summed E-state index contributed by atoms with van der Waals surface area (Å²) in [5.41, 5.74) is 4.15. The van der Waals surface area contributed by atoms with Crippen LogP contribution in [0.4, 0.5) is 14.5 Å². The topological polar surface area (TPSA) is 58.9 Å². The van der Waals surface area contributed by atoms with Crippen molar-refractivity contribution < 1.29 is 8.78 Å². The summed E-state index contributed by atoms with van der Waals surface area (Å²) in [4.78, 5) is 12.8. The molecule has 3 N–H and O–H groups in total. The van der Waals surface area contributed by atoms with Crippen molar-refractivity contribution in [1.29, 1.82) is 0 Å². The molecule has 0 saturated heterocycles. The van der Waals surface area contributed by atoms with Crippen LogP contribution in [-0.2, 0) is 0 Å². The highest BCUT2D eigenvalue weighted by Gasteiger charge is 2.11. The van der Waals surface area contributed by atoms with Crippen molar-refractivity contribution in [3.8, 4) is 0 Å². The number of aromatic amines is 1. The first kappa shape index (κ1) is 9.43. The molecule has 66 valence electrons. The Morgan fingerprint density at radius 2 is 2.17 bits per heavy atom. The fourth-order valence-corrected chi connectivity index (χ4v) is 1.26. The van der Waals surface area contributed by atoms with E-state index in [4.69, 9.17) is 5.73 Å². The Bertz CT molecular complexity index is 350. The molecule has 0 unspecified atom stereocenters. The summed E-state index contributed by atoms with van der Waals surface area (Å²) in [5, 5.41) is 0. The Morgan fingerprint density at radius 1 is 1.58 bits per heavy atom. The molecule has 0 bridgehead atoms. The van der Waals surface area contributed by atoms with Crippen LogP contribution in [0.2, 0.25) is 0 Å². The first-order valence-corrected chi connectivity index (χ1v) is 4.06. The van der Waals surface area contributed by atoms with Gasteiger partial charge in [0.25, 0.3) is 12.0 Å². The van der Waals surface area contributed by atoms with Crippen molar-refractivity contribution in [3.63, 3.8) is 0 Å². The number of nitrogens with one attached hydrogen (secondary N) is 1. The van der Waals surface area contributed by atoms with Crippen LogP contribution < -0.4 is 11.3 Å². The van der Waals surface area contributed by atoms with E-state index < -0.39 is 17.7 Å². The highest BCUT2D eigenvalue weighted by molar-refractivity contribution is 14.1. The van der Waals surface area contributed by atoms with E-state index in [2.05, 4.69) is 0 Å². The van der Waals surface area contributed by atoms with E-state index in [1.54, 1.807) is 22.6 Å². The summed E-state index contributed by atoms with van der Waals surface area (Å²) in [5.74, 6) is 0. The van der Waals surface area contributed by atoms with E-state index in [9.17, 15) is 13.6 Å². The number of hydrogen-bond acceptors (Lipinski definition) is 2. The summed E-state index contributed by atoms with van der Waals surface area (Å²) in [6.07, 6.45) is -2.67. The van der Waals surface area contributed by atoms with E-state index in [1.807, 2.05) is 4.98 Å². The molecule has 1 rings (SSSR count). The summed E-state index contributed by atoms with van der Waals surface area (Å²) >= 11 is 1.73. The van der Waals surface area contributed by atoms with Gasteiger partial charge in [-0.05, 0) is 28.7 Å². The quantitative estimate of drug-likeness (QED) is 0.769. The van der Waals surface area contributed by atoms with Gasteiger partial charge in [0.2, 0.25) is 0 Å². The van der Waals surface area contributed by atoms with Crippen LogP contribution in [0.3, 0.4) is 0 Å². The second-order valence-electron chi connectivity index (χ2n) is 2.12. The maximum atomic E-state index is 12.0. The van der Waals surface area contributed by atoms with Crippen LogP contribution in [0, 0.1) is 3.57 Å². The molecular formula is C6H5F2IN2O. The van der Waals surface area contributed by atoms with Crippen LogP contribution in [0.1, 0.15) is 12.1 Å². The van der Waals surface area contributed by atoms with Gasteiger partial charge in [-0.3, -0.25) is 4.79 Å². The van der Waals surface area contributed by atoms with Gasteiger partial charge in [-0.2, -0.15) is 0 Å². The molecule has 3 nitrogen and oxygen atoms in total. The summed E-state index contributed by atoms with van der Waals surface area (Å²) in [6.45, 7) is 0. The number of H-pyrrole nitrogens is 1. The zero-order valence-corrected chi connectivity index (χ0v) is 7.93. The Labute approximate surface area is 80.1 Å². The minimum absolute atomic E-state index is 0.0278. The SMILES string of the molecule is Nc1c(I)cc(C(F)F)[nH]c1=O. The minimum Gasteiger partial charge on any atom is -0.393 e. The molecule has 0 amide bonds. The van der Waals surface area contributed by atoms with Gasteiger partial charge in [-0.25, -0.2) is 8.78 Å². The van der Waals surface area contributed by atoms with Crippen LogP contribution in [-0.4, -0.2) is 4.98 Å². The zero-order chi connectivity index (χ0) is 9.30. The molecule has 12 heavy (non-hydrogen) atoms. The molecule has 0 aliphatic carbocycles. The average molecular weight is 286 g/mol. The van der Waals surface area contributed by atoms with Gasteiger partial charge in [0.1, 0.15) is 5.69 Å². The van der Waals surface area contributed by atoms with Crippen molar-refractivity contribution in [1.82, 2.24) is 4.98 Å². The molecule has 0 saturated carbocycles. The van der Waals surface area contributed by atoms with Crippen molar-refractivity contribution in [2.75, 3.05) is 5.73 Å². The molecule has 0 spiro atoms. The monoisotopic (exact) mass is 286 g/mol. The maximum absolute atomic E-state index is 12.0. The van der Waals surface area contributed by atoms with E-state index >= 15 is 0 Å². The number of aromatic nitrogens is 1. The lowest BCUT2D eigenvalue weighted by Crippen LogP contribution is -2.15. The number of nitrogens with two attached hydrogens (primary N) is 1. The third-order valence-electron chi connectivity index (χ3n) is 1.28. The second kappa shape index (κ2) is 3.38. The van der Waals surface area contributed by atoms with Crippen molar-refractivity contribution in [3.05, 3.63) is 25.7 Å². The third-order valence-corrected chi connectivity index (χ3v) is 2.17. The number of rotatable bonds is 1. The van der Waals surface area contributed by atoms with Crippen molar-refractivity contribution in [2.24, 2.45) is 0 Å². The lowest BCUT2D eigenvalue weighted by Gasteiger charge is -2.01. The molecule has 1 heterocycles. The lowest BCUT2D eigenvalue weighted by molar-refractivity contribution is 0.146. The van der Waals surface area contributed by atoms with Crippen LogP contribution >= 0.6 is 22.6 Å². The molecule has 0 radical (unpaired) electrons. The number of pyridine rings is 1. The first-order valence-electron chi connectivity index (χ1n) is 2.98. The molecule has 1 aromatic rings. The third kappa shape index (κ3) is 1.74. The maximum Gasteiger partial charge on any atom is 0.278 e. The van der Waals surface area contributed by atoms with E-state index in [-0.39, 0.29) is 5.69 Å². The number of nitrogen functional groups attached to an aromatic ring is 1. The highest BCUT2D eigenvalue weighted by atomic mass is 127. The van der Waals surface area contributed by atoms with Crippen molar-refractivity contribution >= 4 is 28.3 Å². The predicted molar refractivity (Wildman–Crippen MR) is 49.1 cm³/mol. The highest BCUT2D eigenvalue weighted by Crippen LogP contribution is 2.18. The second-order valence-corrected chi connectivity index (χ2v) is 3.28. The Hall–Kier alpha value is -0.660. The Morgan fingerprint density at radius 3 is 2.58 bits per heavy atom. The van der Waals surface area contributed by atoms with Gasteiger partial charge in [0, 0.05) is 3.57 Å². The van der Waals surface area contributed by atoms with E-state index in [0.29, 0.717) is 3.57 Å². The minimum atomic E-state index is -2.67. The largest absolute Gasteiger partial charge is 0.393 e. The van der Waals surface area contributed by atoms with E-state index in [1.165, 1.54) is 0 Å². The summed E-state index contributed by atoms with van der Waals surface area (Å²) < 4.78 is 24.4. The van der Waals surface area contributed by atoms with Gasteiger partial charge < -0.3 is 10.7 Å². The van der Waals surface area contributed by atoms with E-state index in [0.717, 1.165) is 6.07 Å². The Balaban J connectivity index is 3.31. The number of alkyl halides is 2. The molecule has 6 heteroatoms. The van der Waals surface area contributed by atoms with Gasteiger partial charge in [-0.15, -0.1) is 0 Å². The van der Waals surface area contributed by atoms with Crippen LogP contribution in [0.15, 0.2) is 10.9 Å². The van der Waals surface area contributed by atoms with Gasteiger partial charge >= 0.3 is 0 Å². The smallest absolute Gasteiger partial charge is 0.278 e. The first-order chi connectivity index (χ1) is 5.52. The fourth-order valence-electron chi connectivity index (χ4n) is 0.675. The normalized spacial score (nSPS) is 10.7. The zero-order valence-electron chi connectivity index (χ0n) is 5.77. The summed E-state index contributed by atoms with van der Waals surface area (Å²) in [6, 6.07) is 1.15. The molecule has 1 aromatic heterocycles. The average Bonchev–Trinajstić information content (AvgIpc) is 1.99. The van der Waals surface area contributed by atoms with Crippen LogP contribution in [0.5, 0.6) is 0 Å². The van der Waals surface area contributed by atoms with Gasteiger partial charge in [0.05, 0.1) is 5.69 Å². The molecule has 0 fully saturated rings. The molecule has 0 aromatic carbocycles. The number of anilines is 1. The molecule has 0 aliphatic heterocycles. The van der Waals surface area contributed by atoms with Gasteiger partial charge in [-0.1, -0.05) is 0 Å². The number of halogens is 3. The predicted octanol–water partition coefficient (Wildman–Crippen LogP) is 1.50. The lowest BCUT2D eigenvalue weighted by atomic mass is 10.3. The van der Waals surface area contributed by atoms with Crippen LogP contribution in [0.25, 0.3) is 0 Å². The van der Waals surface area contributed by atoms with Gasteiger partial charge in [0.15, 0.2) is 0 Å². The Kier molecular flexibility index (Phi) is 2.65.